The summed E-state index contributed by atoms with van der Waals surface area (Å²) in [5.74, 6) is -1.13. The van der Waals surface area contributed by atoms with Crippen molar-refractivity contribution < 1.29 is 14.7 Å². The van der Waals surface area contributed by atoms with E-state index in [0.717, 1.165) is 5.56 Å². The van der Waals surface area contributed by atoms with Crippen LogP contribution >= 0.6 is 15.9 Å². The highest BCUT2D eigenvalue weighted by Gasteiger charge is 2.06. The van der Waals surface area contributed by atoms with E-state index in [-0.39, 0.29) is 11.5 Å². The van der Waals surface area contributed by atoms with E-state index < -0.39 is 5.97 Å². The van der Waals surface area contributed by atoms with Gasteiger partial charge in [0.05, 0.1) is 5.56 Å². The lowest BCUT2D eigenvalue weighted by atomic mass is 10.1. The number of hydrogen-bond acceptors (Lipinski definition) is 2. The minimum Gasteiger partial charge on any atom is -0.478 e. The SMILES string of the molecule is CC(=O)NCc1cc(Br)cc(C(=O)O)c1. The largest absolute Gasteiger partial charge is 0.478 e. The van der Waals surface area contributed by atoms with Crippen molar-refractivity contribution >= 4 is 27.8 Å². The van der Waals surface area contributed by atoms with Gasteiger partial charge in [0.2, 0.25) is 5.91 Å². The van der Waals surface area contributed by atoms with Crippen molar-refractivity contribution in [1.82, 2.24) is 5.32 Å². The first-order valence-electron chi connectivity index (χ1n) is 4.26. The molecule has 0 unspecified atom stereocenters. The average molecular weight is 272 g/mol. The number of halogens is 1. The Morgan fingerprint density at radius 1 is 1.40 bits per heavy atom. The standard InChI is InChI=1S/C10H10BrNO3/c1-6(13)12-5-7-2-8(10(14)15)4-9(11)3-7/h2-4H,5H2,1H3,(H,12,13)(H,14,15). The number of benzene rings is 1. The maximum atomic E-state index is 10.7. The number of hydrogen-bond donors (Lipinski definition) is 2. The van der Waals surface area contributed by atoms with Gasteiger partial charge >= 0.3 is 5.97 Å². The molecule has 1 rings (SSSR count). The monoisotopic (exact) mass is 271 g/mol. The Morgan fingerprint density at radius 2 is 2.07 bits per heavy atom. The third kappa shape index (κ3) is 3.71. The van der Waals surface area contributed by atoms with E-state index in [1.165, 1.54) is 19.1 Å². The number of aromatic carboxylic acids is 1. The molecule has 15 heavy (non-hydrogen) atoms. The number of nitrogens with one attached hydrogen (secondary N) is 1. The van der Waals surface area contributed by atoms with Crippen LogP contribution in [0.3, 0.4) is 0 Å². The summed E-state index contributed by atoms with van der Waals surface area (Å²) >= 11 is 3.21. The average Bonchev–Trinajstić information content (AvgIpc) is 2.13. The van der Waals surface area contributed by atoms with Crippen LogP contribution < -0.4 is 5.32 Å². The molecule has 1 aromatic carbocycles. The van der Waals surface area contributed by atoms with Crippen LogP contribution in [0, 0.1) is 0 Å². The Kier molecular flexibility index (Phi) is 3.85. The Bertz CT molecular complexity index is 404. The van der Waals surface area contributed by atoms with Crippen molar-refractivity contribution in [2.75, 3.05) is 0 Å². The minimum absolute atomic E-state index is 0.146. The molecule has 0 atom stereocenters. The molecule has 4 nitrogen and oxygen atoms in total. The van der Waals surface area contributed by atoms with E-state index in [1.807, 2.05) is 0 Å². The number of carboxylic acid groups (broad SMARTS) is 1. The molecule has 0 heterocycles. The zero-order chi connectivity index (χ0) is 11.4. The predicted octanol–water partition coefficient (Wildman–Crippen LogP) is 1.78. The van der Waals surface area contributed by atoms with Crippen LogP contribution in [0.1, 0.15) is 22.8 Å². The fourth-order valence-corrected chi connectivity index (χ4v) is 1.64. The van der Waals surface area contributed by atoms with E-state index in [4.69, 9.17) is 5.11 Å². The molecule has 5 heteroatoms. The lowest BCUT2D eigenvalue weighted by Crippen LogP contribution is -2.19. The lowest BCUT2D eigenvalue weighted by Gasteiger charge is -2.04. The Balaban J connectivity index is 2.88. The molecule has 0 saturated carbocycles. The fourth-order valence-electron chi connectivity index (χ4n) is 1.10. The summed E-state index contributed by atoms with van der Waals surface area (Å²) in [5.41, 5.74) is 0.946. The second-order valence-corrected chi connectivity index (χ2v) is 3.98. The van der Waals surface area contributed by atoms with E-state index >= 15 is 0 Å². The van der Waals surface area contributed by atoms with Crippen molar-refractivity contribution in [1.29, 1.82) is 0 Å². The van der Waals surface area contributed by atoms with Gasteiger partial charge in [-0.25, -0.2) is 4.79 Å². The normalized spacial score (nSPS) is 9.73. The molecule has 0 aliphatic heterocycles. The molecule has 0 fully saturated rings. The van der Waals surface area contributed by atoms with Gasteiger partial charge in [0.15, 0.2) is 0 Å². The molecule has 1 aromatic rings. The van der Waals surface area contributed by atoms with Gasteiger partial charge < -0.3 is 10.4 Å². The van der Waals surface area contributed by atoms with Gasteiger partial charge in [-0.1, -0.05) is 15.9 Å². The molecule has 80 valence electrons. The Hall–Kier alpha value is -1.36. The van der Waals surface area contributed by atoms with Crippen LogP contribution in [-0.2, 0) is 11.3 Å². The highest BCUT2D eigenvalue weighted by atomic mass is 79.9. The lowest BCUT2D eigenvalue weighted by molar-refractivity contribution is -0.119. The minimum atomic E-state index is -0.986. The first kappa shape index (κ1) is 11.7. The van der Waals surface area contributed by atoms with Gasteiger partial charge in [0.25, 0.3) is 0 Å². The topological polar surface area (TPSA) is 66.4 Å². The van der Waals surface area contributed by atoms with E-state index in [0.29, 0.717) is 11.0 Å². The quantitative estimate of drug-likeness (QED) is 0.881. The summed E-state index contributed by atoms with van der Waals surface area (Å²) < 4.78 is 0.683. The molecule has 1 amide bonds. The molecular formula is C10H10BrNO3. The zero-order valence-electron chi connectivity index (χ0n) is 8.08. The van der Waals surface area contributed by atoms with E-state index in [9.17, 15) is 9.59 Å². The van der Waals surface area contributed by atoms with Crippen LogP contribution in [0.2, 0.25) is 0 Å². The summed E-state index contributed by atoms with van der Waals surface area (Å²) in [5, 5.41) is 11.4. The van der Waals surface area contributed by atoms with Crippen LogP contribution in [0.25, 0.3) is 0 Å². The first-order chi connectivity index (χ1) is 6.99. The van der Waals surface area contributed by atoms with Gasteiger partial charge in [-0.05, 0) is 23.8 Å². The molecule has 0 bridgehead atoms. The van der Waals surface area contributed by atoms with Gasteiger partial charge in [0, 0.05) is 17.9 Å². The third-order valence-corrected chi connectivity index (χ3v) is 2.20. The molecule has 0 aliphatic rings. The fraction of sp³-hybridized carbons (Fsp3) is 0.200. The van der Waals surface area contributed by atoms with Crippen molar-refractivity contribution in [3.8, 4) is 0 Å². The Labute approximate surface area is 95.4 Å². The smallest absolute Gasteiger partial charge is 0.335 e. The Morgan fingerprint density at radius 3 is 2.60 bits per heavy atom. The van der Waals surface area contributed by atoms with E-state index in [2.05, 4.69) is 21.2 Å². The van der Waals surface area contributed by atoms with Crippen LogP contribution in [-0.4, -0.2) is 17.0 Å². The summed E-state index contributed by atoms with van der Waals surface area (Å²) in [7, 11) is 0. The maximum Gasteiger partial charge on any atom is 0.335 e. The summed E-state index contributed by atoms with van der Waals surface area (Å²) in [4.78, 5) is 21.4. The molecule has 0 radical (unpaired) electrons. The second kappa shape index (κ2) is 4.93. The van der Waals surface area contributed by atoms with Crippen molar-refractivity contribution in [2.45, 2.75) is 13.5 Å². The molecule has 2 N–H and O–H groups in total. The highest BCUT2D eigenvalue weighted by Crippen LogP contribution is 2.15. The molecular weight excluding hydrogens is 262 g/mol. The first-order valence-corrected chi connectivity index (χ1v) is 5.05. The summed E-state index contributed by atoms with van der Waals surface area (Å²) in [6.07, 6.45) is 0. The number of carbonyl (C=O) groups is 2. The third-order valence-electron chi connectivity index (χ3n) is 1.75. The molecule has 0 aliphatic carbocycles. The number of rotatable bonds is 3. The molecule has 0 aromatic heterocycles. The second-order valence-electron chi connectivity index (χ2n) is 3.06. The number of carboxylic acids is 1. The summed E-state index contributed by atoms with van der Waals surface area (Å²) in [6, 6.07) is 4.81. The zero-order valence-corrected chi connectivity index (χ0v) is 9.67. The predicted molar refractivity (Wildman–Crippen MR) is 58.6 cm³/mol. The highest BCUT2D eigenvalue weighted by molar-refractivity contribution is 9.10. The van der Waals surface area contributed by atoms with Gasteiger partial charge in [0.1, 0.15) is 0 Å². The van der Waals surface area contributed by atoms with Crippen molar-refractivity contribution in [3.63, 3.8) is 0 Å². The van der Waals surface area contributed by atoms with Crippen molar-refractivity contribution in [2.24, 2.45) is 0 Å². The number of amides is 1. The van der Waals surface area contributed by atoms with Crippen LogP contribution in [0.4, 0.5) is 0 Å². The van der Waals surface area contributed by atoms with Crippen LogP contribution in [0.15, 0.2) is 22.7 Å². The summed E-state index contributed by atoms with van der Waals surface area (Å²) in [6.45, 7) is 1.74. The maximum absolute atomic E-state index is 10.7. The van der Waals surface area contributed by atoms with E-state index in [1.54, 1.807) is 6.07 Å². The van der Waals surface area contributed by atoms with Gasteiger partial charge in [-0.3, -0.25) is 4.79 Å². The molecule has 0 spiro atoms. The van der Waals surface area contributed by atoms with Crippen molar-refractivity contribution in [3.05, 3.63) is 33.8 Å². The van der Waals surface area contributed by atoms with Gasteiger partial charge in [-0.2, -0.15) is 0 Å². The number of carbonyl (C=O) groups excluding carboxylic acids is 1. The molecule has 0 saturated heterocycles. The van der Waals surface area contributed by atoms with Gasteiger partial charge in [-0.15, -0.1) is 0 Å². The van der Waals surface area contributed by atoms with Crippen LogP contribution in [0.5, 0.6) is 0 Å².